The van der Waals surface area contributed by atoms with E-state index in [1.165, 1.54) is 11.3 Å². The molecular formula is C10H10N2OS. The molecule has 14 heavy (non-hydrogen) atoms. The summed E-state index contributed by atoms with van der Waals surface area (Å²) in [7, 11) is 0. The molecule has 0 bridgehead atoms. The van der Waals surface area contributed by atoms with E-state index < -0.39 is 0 Å². The minimum absolute atomic E-state index is 0.0451. The lowest BCUT2D eigenvalue weighted by Gasteiger charge is -1.95. The van der Waals surface area contributed by atoms with Gasteiger partial charge < -0.3 is 5.11 Å². The smallest absolute Gasteiger partial charge is 0.142 e. The number of aliphatic hydroxyl groups is 1. The summed E-state index contributed by atoms with van der Waals surface area (Å²) in [5, 5.41) is 9.76. The SMILES string of the molecule is Cc1cccc(-c2ncc(CO)s2)n1. The predicted octanol–water partition coefficient (Wildman–Crippen LogP) is 2.01. The van der Waals surface area contributed by atoms with Gasteiger partial charge in [0, 0.05) is 11.9 Å². The lowest BCUT2D eigenvalue weighted by atomic mass is 10.3. The lowest BCUT2D eigenvalue weighted by Crippen LogP contribution is -1.84. The van der Waals surface area contributed by atoms with Crippen LogP contribution in [-0.4, -0.2) is 15.1 Å². The zero-order valence-electron chi connectivity index (χ0n) is 7.77. The monoisotopic (exact) mass is 206 g/mol. The van der Waals surface area contributed by atoms with Crippen LogP contribution in [0.15, 0.2) is 24.4 Å². The van der Waals surface area contributed by atoms with Gasteiger partial charge in [-0.05, 0) is 19.1 Å². The highest BCUT2D eigenvalue weighted by Crippen LogP contribution is 2.23. The Balaban J connectivity index is 2.39. The molecule has 2 aromatic rings. The quantitative estimate of drug-likeness (QED) is 0.817. The van der Waals surface area contributed by atoms with E-state index in [1.54, 1.807) is 6.20 Å². The van der Waals surface area contributed by atoms with Crippen LogP contribution in [-0.2, 0) is 6.61 Å². The van der Waals surface area contributed by atoms with Crippen molar-refractivity contribution in [2.75, 3.05) is 0 Å². The Hall–Kier alpha value is -1.26. The zero-order chi connectivity index (χ0) is 9.97. The van der Waals surface area contributed by atoms with Crippen LogP contribution >= 0.6 is 11.3 Å². The van der Waals surface area contributed by atoms with Gasteiger partial charge in [-0.25, -0.2) is 4.98 Å². The average Bonchev–Trinajstić information content (AvgIpc) is 2.66. The molecular weight excluding hydrogens is 196 g/mol. The number of aryl methyl sites for hydroxylation is 1. The van der Waals surface area contributed by atoms with Gasteiger partial charge in [0.15, 0.2) is 0 Å². The third-order valence-corrected chi connectivity index (χ3v) is 2.82. The number of rotatable bonds is 2. The van der Waals surface area contributed by atoms with E-state index in [0.29, 0.717) is 0 Å². The first kappa shape index (κ1) is 9.30. The van der Waals surface area contributed by atoms with Gasteiger partial charge in [-0.15, -0.1) is 11.3 Å². The second-order valence-electron chi connectivity index (χ2n) is 2.95. The molecule has 3 nitrogen and oxygen atoms in total. The van der Waals surface area contributed by atoms with Gasteiger partial charge in [-0.3, -0.25) is 4.98 Å². The van der Waals surface area contributed by atoms with Crippen LogP contribution in [0.4, 0.5) is 0 Å². The highest BCUT2D eigenvalue weighted by molar-refractivity contribution is 7.14. The Kier molecular flexibility index (Phi) is 2.56. The summed E-state index contributed by atoms with van der Waals surface area (Å²) in [6.45, 7) is 1.99. The maximum Gasteiger partial charge on any atom is 0.142 e. The number of aromatic nitrogens is 2. The highest BCUT2D eigenvalue weighted by atomic mass is 32.1. The fraction of sp³-hybridized carbons (Fsp3) is 0.200. The topological polar surface area (TPSA) is 46.0 Å². The summed E-state index contributed by atoms with van der Waals surface area (Å²) in [6, 6.07) is 5.83. The summed E-state index contributed by atoms with van der Waals surface area (Å²) < 4.78 is 0. The zero-order valence-corrected chi connectivity index (χ0v) is 8.58. The van der Waals surface area contributed by atoms with Crippen molar-refractivity contribution in [3.63, 3.8) is 0 Å². The van der Waals surface area contributed by atoms with Crippen molar-refractivity contribution in [1.29, 1.82) is 0 Å². The third kappa shape index (κ3) is 1.81. The molecule has 2 aromatic heterocycles. The Labute approximate surface area is 86.1 Å². The van der Waals surface area contributed by atoms with Crippen molar-refractivity contribution in [2.45, 2.75) is 13.5 Å². The van der Waals surface area contributed by atoms with Crippen molar-refractivity contribution in [2.24, 2.45) is 0 Å². The normalized spacial score (nSPS) is 10.4. The van der Waals surface area contributed by atoms with Gasteiger partial charge in [0.1, 0.15) is 5.01 Å². The summed E-state index contributed by atoms with van der Waals surface area (Å²) >= 11 is 1.47. The Morgan fingerprint density at radius 2 is 2.29 bits per heavy atom. The van der Waals surface area contributed by atoms with Crippen LogP contribution in [0.3, 0.4) is 0 Å². The summed E-state index contributed by atoms with van der Waals surface area (Å²) in [5.41, 5.74) is 1.85. The first-order valence-corrected chi connectivity index (χ1v) is 5.11. The first-order valence-electron chi connectivity index (χ1n) is 4.29. The molecule has 1 N–H and O–H groups in total. The molecule has 0 saturated carbocycles. The van der Waals surface area contributed by atoms with Crippen LogP contribution in [0.2, 0.25) is 0 Å². The van der Waals surface area contributed by atoms with Gasteiger partial charge in [0.2, 0.25) is 0 Å². The first-order chi connectivity index (χ1) is 6.79. The van der Waals surface area contributed by atoms with Crippen molar-refractivity contribution in [3.05, 3.63) is 35.0 Å². The van der Waals surface area contributed by atoms with Crippen molar-refractivity contribution >= 4 is 11.3 Å². The molecule has 0 aromatic carbocycles. The number of aliphatic hydroxyl groups excluding tert-OH is 1. The van der Waals surface area contributed by atoms with Crippen LogP contribution in [0, 0.1) is 6.92 Å². The molecule has 2 rings (SSSR count). The summed E-state index contributed by atoms with van der Waals surface area (Å²) in [6.07, 6.45) is 1.68. The molecule has 0 spiro atoms. The van der Waals surface area contributed by atoms with Gasteiger partial charge in [-0.2, -0.15) is 0 Å². The van der Waals surface area contributed by atoms with Gasteiger partial charge in [0.25, 0.3) is 0 Å². The van der Waals surface area contributed by atoms with Crippen LogP contribution < -0.4 is 0 Å². The predicted molar refractivity (Wildman–Crippen MR) is 56.0 cm³/mol. The molecule has 72 valence electrons. The van der Waals surface area contributed by atoms with E-state index in [2.05, 4.69) is 9.97 Å². The second-order valence-corrected chi connectivity index (χ2v) is 4.07. The van der Waals surface area contributed by atoms with E-state index in [1.807, 2.05) is 25.1 Å². The number of nitrogens with zero attached hydrogens (tertiary/aromatic N) is 2. The minimum Gasteiger partial charge on any atom is -0.391 e. The number of hydrogen-bond donors (Lipinski definition) is 1. The Morgan fingerprint density at radius 3 is 2.93 bits per heavy atom. The molecule has 0 radical (unpaired) electrons. The van der Waals surface area contributed by atoms with Crippen molar-refractivity contribution in [1.82, 2.24) is 9.97 Å². The molecule has 0 atom stereocenters. The standard InChI is InChI=1S/C10H10N2OS/c1-7-3-2-4-9(12-7)10-11-5-8(6-13)14-10/h2-5,13H,6H2,1H3. The van der Waals surface area contributed by atoms with Crippen LogP contribution in [0.25, 0.3) is 10.7 Å². The molecule has 0 saturated heterocycles. The van der Waals surface area contributed by atoms with E-state index in [-0.39, 0.29) is 6.61 Å². The van der Waals surface area contributed by atoms with Gasteiger partial charge >= 0.3 is 0 Å². The molecule has 0 amide bonds. The summed E-state index contributed by atoms with van der Waals surface area (Å²) in [5.74, 6) is 0. The largest absolute Gasteiger partial charge is 0.391 e. The Bertz CT molecular complexity index is 439. The third-order valence-electron chi connectivity index (χ3n) is 1.82. The van der Waals surface area contributed by atoms with E-state index >= 15 is 0 Å². The maximum absolute atomic E-state index is 8.90. The highest BCUT2D eigenvalue weighted by Gasteiger charge is 2.04. The Morgan fingerprint density at radius 1 is 1.43 bits per heavy atom. The fourth-order valence-corrected chi connectivity index (χ4v) is 1.90. The number of hydrogen-bond acceptors (Lipinski definition) is 4. The fourth-order valence-electron chi connectivity index (χ4n) is 1.16. The maximum atomic E-state index is 8.90. The average molecular weight is 206 g/mol. The molecule has 0 fully saturated rings. The summed E-state index contributed by atoms with van der Waals surface area (Å²) in [4.78, 5) is 9.42. The van der Waals surface area contributed by atoms with Gasteiger partial charge in [-0.1, -0.05) is 6.07 Å². The van der Waals surface area contributed by atoms with E-state index in [0.717, 1.165) is 21.3 Å². The molecule has 0 aliphatic carbocycles. The number of pyridine rings is 1. The molecule has 4 heteroatoms. The van der Waals surface area contributed by atoms with Crippen molar-refractivity contribution in [3.8, 4) is 10.7 Å². The van der Waals surface area contributed by atoms with Gasteiger partial charge in [0.05, 0.1) is 17.2 Å². The number of thiazole rings is 1. The molecule has 2 heterocycles. The van der Waals surface area contributed by atoms with E-state index in [9.17, 15) is 0 Å². The lowest BCUT2D eigenvalue weighted by molar-refractivity contribution is 0.285. The van der Waals surface area contributed by atoms with Crippen LogP contribution in [0.5, 0.6) is 0 Å². The molecule has 0 aliphatic heterocycles. The van der Waals surface area contributed by atoms with E-state index in [4.69, 9.17) is 5.11 Å². The molecule has 0 unspecified atom stereocenters. The minimum atomic E-state index is 0.0451. The van der Waals surface area contributed by atoms with Crippen LogP contribution in [0.1, 0.15) is 10.6 Å². The van der Waals surface area contributed by atoms with Crippen molar-refractivity contribution < 1.29 is 5.11 Å². The molecule has 0 aliphatic rings. The second kappa shape index (κ2) is 3.86.